The van der Waals surface area contributed by atoms with Gasteiger partial charge in [0.1, 0.15) is 12.1 Å². The topological polar surface area (TPSA) is 202 Å². The van der Waals surface area contributed by atoms with Crippen molar-refractivity contribution in [3.05, 3.63) is 72.1 Å². The van der Waals surface area contributed by atoms with Gasteiger partial charge in [0.05, 0.1) is 12.1 Å². The minimum Gasteiger partial charge on any atom is -0.480 e. The normalized spacial score (nSPS) is 15.0. The zero-order valence-corrected chi connectivity index (χ0v) is 24.3. The van der Waals surface area contributed by atoms with E-state index < -0.39 is 54.0 Å². The number of nitrogens with one attached hydrogen (secondary N) is 5. The van der Waals surface area contributed by atoms with Crippen molar-refractivity contribution in [3.8, 4) is 0 Å². The van der Waals surface area contributed by atoms with Crippen molar-refractivity contribution < 1.29 is 29.4 Å². The summed E-state index contributed by atoms with van der Waals surface area (Å²) in [4.78, 5) is 58.0. The Morgan fingerprint density at radius 3 is 1.77 bits per heavy atom. The number of carboxylic acids is 1. The second kappa shape index (κ2) is 13.5. The van der Waals surface area contributed by atoms with Crippen molar-refractivity contribution in [2.75, 3.05) is 0 Å². The Morgan fingerprint density at radius 1 is 0.744 bits per heavy atom. The van der Waals surface area contributed by atoms with Gasteiger partial charge in [-0.15, -0.1) is 0 Å². The summed E-state index contributed by atoms with van der Waals surface area (Å²) in [5, 5.41) is 28.9. The molecule has 228 valence electrons. The molecule has 0 aliphatic carbocycles. The molecule has 0 fully saturated rings. The average molecular weight is 591 g/mol. The highest BCUT2D eigenvalue weighted by molar-refractivity contribution is 5.95. The molecule has 0 radical (unpaired) electrons. The first-order valence-electron chi connectivity index (χ1n) is 14.1. The number of rotatable bonds is 13. The molecule has 0 spiro atoms. The highest BCUT2D eigenvalue weighted by Gasteiger charge is 2.33. The van der Waals surface area contributed by atoms with E-state index in [1.165, 1.54) is 6.92 Å². The lowest BCUT2D eigenvalue weighted by Crippen LogP contribution is -2.59. The second-order valence-electron chi connectivity index (χ2n) is 11.1. The van der Waals surface area contributed by atoms with Crippen LogP contribution < -0.4 is 21.7 Å². The van der Waals surface area contributed by atoms with E-state index in [9.17, 15) is 29.4 Å². The number of aromatic nitrogens is 2. The Hall–Kier alpha value is -4.68. The predicted octanol–water partition coefficient (Wildman–Crippen LogP) is 1.34. The summed E-state index contributed by atoms with van der Waals surface area (Å²) in [6.45, 7) is 4.74. The van der Waals surface area contributed by atoms with Gasteiger partial charge in [-0.3, -0.25) is 14.4 Å². The number of carbonyl (C=O) groups is 4. The van der Waals surface area contributed by atoms with Crippen LogP contribution in [0.4, 0.5) is 0 Å². The molecule has 2 aromatic heterocycles. The van der Waals surface area contributed by atoms with Gasteiger partial charge in [-0.2, -0.15) is 0 Å². The number of carboxylic acid groups (broad SMARTS) is 1. The van der Waals surface area contributed by atoms with Crippen molar-refractivity contribution in [2.24, 2.45) is 11.7 Å². The Bertz CT molecular complexity index is 1610. The van der Waals surface area contributed by atoms with Crippen molar-refractivity contribution in [1.82, 2.24) is 25.9 Å². The monoisotopic (exact) mass is 590 g/mol. The molecule has 0 saturated heterocycles. The summed E-state index contributed by atoms with van der Waals surface area (Å²) in [6, 6.07) is 10.3. The van der Waals surface area contributed by atoms with Crippen LogP contribution in [0.3, 0.4) is 0 Å². The number of aromatic amines is 2. The summed E-state index contributed by atoms with van der Waals surface area (Å²) in [7, 11) is 0. The number of H-pyrrole nitrogens is 2. The Kier molecular flexibility index (Phi) is 9.84. The first kappa shape index (κ1) is 31.3. The number of carbonyl (C=O) groups excluding carboxylic acids is 3. The molecular weight excluding hydrogens is 552 g/mol. The van der Waals surface area contributed by atoms with Crippen LogP contribution in [0, 0.1) is 5.92 Å². The van der Waals surface area contributed by atoms with E-state index in [0.29, 0.717) is 5.56 Å². The summed E-state index contributed by atoms with van der Waals surface area (Å²) >= 11 is 0. The number of aliphatic hydroxyl groups is 1. The van der Waals surface area contributed by atoms with E-state index in [-0.39, 0.29) is 18.8 Å². The van der Waals surface area contributed by atoms with Crippen molar-refractivity contribution in [1.29, 1.82) is 0 Å². The van der Waals surface area contributed by atoms with Gasteiger partial charge in [0.15, 0.2) is 6.04 Å². The van der Waals surface area contributed by atoms with Crippen LogP contribution in [0.5, 0.6) is 0 Å². The third-order valence-electron chi connectivity index (χ3n) is 7.48. The number of hydrogen-bond acceptors (Lipinski definition) is 6. The van der Waals surface area contributed by atoms with Gasteiger partial charge in [-0.25, -0.2) is 4.79 Å². The molecule has 5 atom stereocenters. The van der Waals surface area contributed by atoms with E-state index in [2.05, 4.69) is 25.9 Å². The molecule has 43 heavy (non-hydrogen) atoms. The number of aliphatic hydroxyl groups excluding tert-OH is 1. The summed E-state index contributed by atoms with van der Waals surface area (Å²) in [5.41, 5.74) is 9.57. The van der Waals surface area contributed by atoms with Crippen LogP contribution in [-0.4, -0.2) is 74.1 Å². The second-order valence-corrected chi connectivity index (χ2v) is 11.1. The van der Waals surface area contributed by atoms with Crippen molar-refractivity contribution in [2.45, 2.75) is 63.9 Å². The highest BCUT2D eigenvalue weighted by Crippen LogP contribution is 2.20. The Balaban J connectivity index is 1.51. The van der Waals surface area contributed by atoms with E-state index in [1.54, 1.807) is 26.2 Å². The number of hydrogen-bond donors (Lipinski definition) is 8. The maximum absolute atomic E-state index is 13.6. The maximum Gasteiger partial charge on any atom is 0.328 e. The molecule has 2 aromatic carbocycles. The number of para-hydroxylation sites is 2. The highest BCUT2D eigenvalue weighted by atomic mass is 16.4. The van der Waals surface area contributed by atoms with Crippen LogP contribution in [-0.2, 0) is 32.0 Å². The molecule has 0 aliphatic rings. The van der Waals surface area contributed by atoms with Crippen LogP contribution in [0.15, 0.2) is 60.9 Å². The SMILES string of the molecule is CC(C)C(NC(=O)C(N)Cc1c[nH]c2ccccc12)C(=O)NC(Cc1c[nH]c2ccccc12)C(=O)NC(C(=O)O)C(C)O. The molecular formula is C31H38N6O6. The lowest BCUT2D eigenvalue weighted by Gasteiger charge is -2.27. The fraction of sp³-hybridized carbons (Fsp3) is 0.355. The molecule has 0 bridgehead atoms. The summed E-state index contributed by atoms with van der Waals surface area (Å²) < 4.78 is 0. The Morgan fingerprint density at radius 2 is 1.26 bits per heavy atom. The third kappa shape index (κ3) is 7.40. The molecule has 3 amide bonds. The standard InChI is InChI=1S/C31H38N6O6/c1-16(2)26(36-28(39)22(32)12-18-14-33-23-10-6-4-8-20(18)23)30(41)35-25(29(40)37-27(17(3)38)31(42)43)13-19-15-34-24-11-7-5-9-21(19)24/h4-11,14-17,22,25-27,33-34,38H,12-13,32H2,1-3H3,(H,35,41)(H,36,39)(H,37,40)(H,42,43). The molecule has 2 heterocycles. The summed E-state index contributed by atoms with van der Waals surface area (Å²) in [6.07, 6.45) is 2.39. The molecule has 4 aromatic rings. The fourth-order valence-corrected chi connectivity index (χ4v) is 5.06. The van der Waals surface area contributed by atoms with Gasteiger partial charge >= 0.3 is 5.97 Å². The molecule has 5 unspecified atom stereocenters. The zero-order chi connectivity index (χ0) is 31.3. The fourth-order valence-electron chi connectivity index (χ4n) is 5.06. The smallest absolute Gasteiger partial charge is 0.328 e. The van der Waals surface area contributed by atoms with Gasteiger partial charge in [-0.1, -0.05) is 50.2 Å². The largest absolute Gasteiger partial charge is 0.480 e. The van der Waals surface area contributed by atoms with Crippen molar-refractivity contribution >= 4 is 45.5 Å². The van der Waals surface area contributed by atoms with Crippen LogP contribution in [0.25, 0.3) is 21.8 Å². The molecule has 0 aliphatic heterocycles. The molecule has 9 N–H and O–H groups in total. The number of nitrogens with two attached hydrogens (primary N) is 1. The van der Waals surface area contributed by atoms with E-state index in [4.69, 9.17) is 5.73 Å². The minimum atomic E-state index is -1.59. The van der Waals surface area contributed by atoms with Crippen LogP contribution in [0.1, 0.15) is 31.9 Å². The lowest BCUT2D eigenvalue weighted by atomic mass is 9.99. The van der Waals surface area contributed by atoms with Gasteiger partial charge in [-0.05, 0) is 42.5 Å². The minimum absolute atomic E-state index is 0.0204. The van der Waals surface area contributed by atoms with Crippen LogP contribution >= 0.6 is 0 Å². The number of aliphatic carboxylic acids is 1. The third-order valence-corrected chi connectivity index (χ3v) is 7.48. The van der Waals surface area contributed by atoms with Gasteiger partial charge in [0.2, 0.25) is 17.7 Å². The van der Waals surface area contributed by atoms with Crippen molar-refractivity contribution in [3.63, 3.8) is 0 Å². The molecule has 0 saturated carbocycles. The maximum atomic E-state index is 13.6. The van der Waals surface area contributed by atoms with Gasteiger partial charge in [0.25, 0.3) is 0 Å². The average Bonchev–Trinajstić information content (AvgIpc) is 3.57. The van der Waals surface area contributed by atoms with E-state index in [1.807, 2.05) is 48.5 Å². The number of benzene rings is 2. The Labute approximate surface area is 248 Å². The van der Waals surface area contributed by atoms with Gasteiger partial charge in [0, 0.05) is 40.6 Å². The van der Waals surface area contributed by atoms with E-state index in [0.717, 1.165) is 27.4 Å². The first-order chi connectivity index (χ1) is 20.5. The summed E-state index contributed by atoms with van der Waals surface area (Å²) in [5.74, 6) is -3.75. The molecule has 12 heteroatoms. The quantitative estimate of drug-likeness (QED) is 0.115. The predicted molar refractivity (Wildman–Crippen MR) is 162 cm³/mol. The number of fused-ring (bicyclic) bond motifs is 2. The first-order valence-corrected chi connectivity index (χ1v) is 14.1. The van der Waals surface area contributed by atoms with E-state index >= 15 is 0 Å². The molecule has 12 nitrogen and oxygen atoms in total. The van der Waals surface area contributed by atoms with Crippen LogP contribution in [0.2, 0.25) is 0 Å². The molecule has 4 rings (SSSR count). The zero-order valence-electron chi connectivity index (χ0n) is 24.3. The van der Waals surface area contributed by atoms with Gasteiger partial charge < -0.3 is 41.9 Å². The lowest BCUT2D eigenvalue weighted by molar-refractivity contribution is -0.145. The number of amides is 3.